The minimum atomic E-state index is -0.226. The molecule has 1 N–H and O–H groups in total. The van der Waals surface area contributed by atoms with Crippen LogP contribution in [-0.2, 0) is 11.2 Å². The van der Waals surface area contributed by atoms with Gasteiger partial charge in [-0.2, -0.15) is 0 Å². The molecule has 3 aromatic rings. The van der Waals surface area contributed by atoms with Crippen molar-refractivity contribution in [2.45, 2.75) is 12.5 Å². The summed E-state index contributed by atoms with van der Waals surface area (Å²) in [4.78, 5) is 3.14. The first kappa shape index (κ1) is 11.7. The minimum absolute atomic E-state index is 0.0702. The van der Waals surface area contributed by atoms with Crippen molar-refractivity contribution < 1.29 is 9.13 Å². The normalized spacial score (nSPS) is 18.1. The van der Waals surface area contributed by atoms with Crippen molar-refractivity contribution in [3.05, 3.63) is 71.2 Å². The largest absolute Gasteiger partial charge is 0.368 e. The van der Waals surface area contributed by atoms with Gasteiger partial charge in [-0.25, -0.2) is 4.39 Å². The van der Waals surface area contributed by atoms with Gasteiger partial charge in [0, 0.05) is 22.7 Å². The number of ether oxygens (including phenoxy) is 1. The Bertz CT molecular complexity index is 778. The minimum Gasteiger partial charge on any atom is -0.368 e. The van der Waals surface area contributed by atoms with Gasteiger partial charge in [0.15, 0.2) is 0 Å². The third-order valence-electron chi connectivity index (χ3n) is 3.95. The lowest BCUT2D eigenvalue weighted by molar-refractivity contribution is 0.0708. The smallest absolute Gasteiger partial charge is 0.125 e. The van der Waals surface area contributed by atoms with E-state index in [9.17, 15) is 4.39 Å². The van der Waals surface area contributed by atoms with Gasteiger partial charge >= 0.3 is 0 Å². The van der Waals surface area contributed by atoms with Gasteiger partial charge in [-0.15, -0.1) is 0 Å². The molecular weight excluding hydrogens is 253 g/mol. The summed E-state index contributed by atoms with van der Waals surface area (Å²) in [7, 11) is 0. The van der Waals surface area contributed by atoms with Crippen LogP contribution in [0.15, 0.2) is 48.7 Å². The van der Waals surface area contributed by atoms with E-state index < -0.39 is 0 Å². The predicted octanol–water partition coefficient (Wildman–Crippen LogP) is 3.97. The van der Waals surface area contributed by atoms with Crippen molar-refractivity contribution in [1.82, 2.24) is 4.98 Å². The number of H-pyrrole nitrogens is 1. The molecule has 20 heavy (non-hydrogen) atoms. The monoisotopic (exact) mass is 267 g/mol. The van der Waals surface area contributed by atoms with Gasteiger partial charge in [0.1, 0.15) is 11.9 Å². The van der Waals surface area contributed by atoms with E-state index in [0.29, 0.717) is 0 Å². The summed E-state index contributed by atoms with van der Waals surface area (Å²) in [6, 6.07) is 13.2. The van der Waals surface area contributed by atoms with E-state index in [1.54, 1.807) is 0 Å². The van der Waals surface area contributed by atoms with E-state index in [2.05, 4.69) is 23.2 Å². The molecule has 0 bridgehead atoms. The van der Waals surface area contributed by atoms with Crippen LogP contribution in [0, 0.1) is 5.82 Å². The first-order valence-electron chi connectivity index (χ1n) is 6.79. The van der Waals surface area contributed by atoms with Crippen molar-refractivity contribution in [1.29, 1.82) is 0 Å². The van der Waals surface area contributed by atoms with Crippen LogP contribution in [-0.4, -0.2) is 11.6 Å². The molecule has 2 aromatic carbocycles. The van der Waals surface area contributed by atoms with Gasteiger partial charge in [0.2, 0.25) is 0 Å². The second-order valence-corrected chi connectivity index (χ2v) is 5.13. The van der Waals surface area contributed by atoms with Crippen LogP contribution in [0.25, 0.3) is 10.9 Å². The molecule has 0 amide bonds. The molecule has 0 fully saturated rings. The highest BCUT2D eigenvalue weighted by atomic mass is 19.1. The molecule has 100 valence electrons. The van der Waals surface area contributed by atoms with Gasteiger partial charge in [-0.1, -0.05) is 24.3 Å². The molecule has 2 heterocycles. The maximum absolute atomic E-state index is 13.3. The third kappa shape index (κ3) is 1.74. The van der Waals surface area contributed by atoms with Crippen LogP contribution < -0.4 is 0 Å². The highest BCUT2D eigenvalue weighted by Gasteiger charge is 2.24. The summed E-state index contributed by atoms with van der Waals surface area (Å²) in [5.41, 5.74) is 4.43. The Kier molecular flexibility index (Phi) is 2.60. The van der Waals surface area contributed by atoms with E-state index in [0.717, 1.165) is 29.5 Å². The lowest BCUT2D eigenvalue weighted by Gasteiger charge is -2.25. The Balaban J connectivity index is 1.88. The second-order valence-electron chi connectivity index (χ2n) is 5.13. The van der Waals surface area contributed by atoms with E-state index >= 15 is 0 Å². The van der Waals surface area contributed by atoms with E-state index in [1.165, 1.54) is 23.3 Å². The number of rotatable bonds is 1. The van der Waals surface area contributed by atoms with Crippen LogP contribution in [0.1, 0.15) is 22.8 Å². The molecule has 0 saturated carbocycles. The van der Waals surface area contributed by atoms with Crippen molar-refractivity contribution in [3.63, 3.8) is 0 Å². The predicted molar refractivity (Wildman–Crippen MR) is 76.2 cm³/mol. The summed E-state index contributed by atoms with van der Waals surface area (Å²) in [6.07, 6.45) is 2.81. The molecule has 0 saturated heterocycles. The Labute approximate surface area is 116 Å². The number of aromatic amines is 1. The fourth-order valence-electron chi connectivity index (χ4n) is 2.99. The molecule has 4 rings (SSSR count). The van der Waals surface area contributed by atoms with Crippen LogP contribution in [0.3, 0.4) is 0 Å². The molecule has 3 heteroatoms. The molecule has 1 atom stereocenters. The van der Waals surface area contributed by atoms with Crippen LogP contribution in [0.4, 0.5) is 4.39 Å². The quantitative estimate of drug-likeness (QED) is 0.709. The van der Waals surface area contributed by atoms with E-state index in [4.69, 9.17) is 4.74 Å². The molecule has 1 aliphatic heterocycles. The molecule has 0 spiro atoms. The zero-order valence-electron chi connectivity index (χ0n) is 10.9. The number of halogens is 1. The fourth-order valence-corrected chi connectivity index (χ4v) is 2.99. The SMILES string of the molecule is Fc1ccc2c(C3OCCc4ccccc43)c[nH]c2c1. The Hall–Kier alpha value is -2.13. The lowest BCUT2D eigenvalue weighted by atomic mass is 9.93. The molecule has 1 aliphatic rings. The fraction of sp³-hybridized carbons (Fsp3) is 0.176. The maximum Gasteiger partial charge on any atom is 0.125 e. The van der Waals surface area contributed by atoms with Crippen LogP contribution >= 0.6 is 0 Å². The van der Waals surface area contributed by atoms with Gasteiger partial charge in [0.05, 0.1) is 6.61 Å². The summed E-state index contributed by atoms with van der Waals surface area (Å²) in [5, 5.41) is 1.02. The average Bonchev–Trinajstić information content (AvgIpc) is 2.89. The van der Waals surface area contributed by atoms with Gasteiger partial charge < -0.3 is 9.72 Å². The van der Waals surface area contributed by atoms with Crippen molar-refractivity contribution >= 4 is 10.9 Å². The zero-order valence-corrected chi connectivity index (χ0v) is 10.9. The van der Waals surface area contributed by atoms with Crippen molar-refractivity contribution in [2.24, 2.45) is 0 Å². The van der Waals surface area contributed by atoms with Gasteiger partial charge in [0.25, 0.3) is 0 Å². The molecule has 1 aromatic heterocycles. The Morgan fingerprint density at radius 2 is 2.00 bits per heavy atom. The standard InChI is InChI=1S/C17H14FNO/c18-12-5-6-14-15(10-19-16(14)9-12)17-13-4-2-1-3-11(13)7-8-20-17/h1-6,9-10,17,19H,7-8H2. The van der Waals surface area contributed by atoms with Crippen molar-refractivity contribution in [2.75, 3.05) is 6.61 Å². The van der Waals surface area contributed by atoms with Gasteiger partial charge in [-0.05, 0) is 35.7 Å². The molecule has 0 aliphatic carbocycles. The number of benzene rings is 2. The molecule has 1 unspecified atom stereocenters. The number of fused-ring (bicyclic) bond motifs is 2. The van der Waals surface area contributed by atoms with E-state index in [1.807, 2.05) is 18.3 Å². The topological polar surface area (TPSA) is 25.0 Å². The third-order valence-corrected chi connectivity index (χ3v) is 3.95. The highest BCUT2D eigenvalue weighted by Crippen LogP contribution is 2.36. The Morgan fingerprint density at radius 1 is 1.10 bits per heavy atom. The average molecular weight is 267 g/mol. The molecular formula is C17H14FNO. The highest BCUT2D eigenvalue weighted by molar-refractivity contribution is 5.84. The van der Waals surface area contributed by atoms with E-state index in [-0.39, 0.29) is 11.9 Å². The summed E-state index contributed by atoms with van der Waals surface area (Å²) in [6.45, 7) is 0.718. The van der Waals surface area contributed by atoms with Crippen LogP contribution in [0.2, 0.25) is 0 Å². The second kappa shape index (κ2) is 4.46. The summed E-state index contributed by atoms with van der Waals surface area (Å²) < 4.78 is 19.2. The summed E-state index contributed by atoms with van der Waals surface area (Å²) >= 11 is 0. The number of hydrogen-bond donors (Lipinski definition) is 1. The molecule has 0 radical (unpaired) electrons. The lowest BCUT2D eigenvalue weighted by Crippen LogP contribution is -2.16. The molecule has 2 nitrogen and oxygen atoms in total. The maximum atomic E-state index is 13.3. The first-order chi connectivity index (χ1) is 9.83. The van der Waals surface area contributed by atoms with Gasteiger partial charge in [-0.3, -0.25) is 0 Å². The van der Waals surface area contributed by atoms with Crippen LogP contribution in [0.5, 0.6) is 0 Å². The zero-order chi connectivity index (χ0) is 13.5. The number of hydrogen-bond acceptors (Lipinski definition) is 1. The number of aromatic nitrogens is 1. The Morgan fingerprint density at radius 3 is 2.95 bits per heavy atom. The summed E-state index contributed by atoms with van der Waals surface area (Å²) in [5.74, 6) is -0.226. The van der Waals surface area contributed by atoms with Crippen molar-refractivity contribution in [3.8, 4) is 0 Å². The number of nitrogens with one attached hydrogen (secondary N) is 1. The first-order valence-corrected chi connectivity index (χ1v) is 6.79.